The Morgan fingerprint density at radius 3 is 2.50 bits per heavy atom. The molecular weight excluding hydrogens is 248 g/mol. The molecule has 0 unspecified atom stereocenters. The van der Waals surface area contributed by atoms with Crippen molar-refractivity contribution in [2.75, 3.05) is 0 Å². The van der Waals surface area contributed by atoms with Crippen molar-refractivity contribution in [3.8, 4) is 0 Å². The summed E-state index contributed by atoms with van der Waals surface area (Å²) < 4.78 is 0. The molecular formula is C16H20N4. The predicted octanol–water partition coefficient (Wildman–Crippen LogP) is 2.86. The van der Waals surface area contributed by atoms with Crippen molar-refractivity contribution in [3.63, 3.8) is 0 Å². The fourth-order valence-electron chi connectivity index (χ4n) is 3.00. The van der Waals surface area contributed by atoms with Gasteiger partial charge in [0.15, 0.2) is 5.84 Å². The van der Waals surface area contributed by atoms with E-state index in [4.69, 9.17) is 16.2 Å². The molecule has 4 nitrogen and oxygen atoms in total. The highest BCUT2D eigenvalue weighted by Crippen LogP contribution is 2.29. The maximum Gasteiger partial charge on any atom is 0.152 e. The quantitative estimate of drug-likeness (QED) is 0.866. The Balaban J connectivity index is 1.93. The molecule has 1 saturated carbocycles. The zero-order valence-corrected chi connectivity index (χ0v) is 11.5. The normalized spacial score (nSPS) is 22.4. The Hall–Kier alpha value is -2.10. The first-order chi connectivity index (χ1) is 9.81. The number of hydrazone groups is 1. The first-order valence-electron chi connectivity index (χ1n) is 7.25. The van der Waals surface area contributed by atoms with Gasteiger partial charge in [0.05, 0.1) is 11.6 Å². The molecule has 104 valence electrons. The van der Waals surface area contributed by atoms with Gasteiger partial charge < -0.3 is 5.73 Å². The van der Waals surface area contributed by atoms with Crippen LogP contribution in [-0.4, -0.2) is 22.6 Å². The van der Waals surface area contributed by atoms with Crippen molar-refractivity contribution in [3.05, 3.63) is 47.7 Å². The molecule has 1 aromatic rings. The third kappa shape index (κ3) is 2.22. The maximum atomic E-state index is 8.34. The zero-order chi connectivity index (χ0) is 13.9. The van der Waals surface area contributed by atoms with Crippen LogP contribution in [0.4, 0.5) is 0 Å². The minimum absolute atomic E-state index is 0.354. The lowest BCUT2D eigenvalue weighted by Gasteiger charge is -2.29. The molecule has 1 fully saturated rings. The molecule has 1 aromatic carbocycles. The highest BCUT2D eigenvalue weighted by Gasteiger charge is 2.32. The summed E-state index contributed by atoms with van der Waals surface area (Å²) in [4.78, 5) is 0. The summed E-state index contributed by atoms with van der Waals surface area (Å²) in [5, 5.41) is 14.9. The predicted molar refractivity (Wildman–Crippen MR) is 81.7 cm³/mol. The second-order valence-electron chi connectivity index (χ2n) is 5.38. The molecule has 0 saturated heterocycles. The van der Waals surface area contributed by atoms with Crippen LogP contribution in [0.5, 0.6) is 0 Å². The molecule has 0 atom stereocenters. The third-order valence-electron chi connectivity index (χ3n) is 4.08. The van der Waals surface area contributed by atoms with Crippen molar-refractivity contribution in [1.29, 1.82) is 5.41 Å². The van der Waals surface area contributed by atoms with Crippen LogP contribution in [-0.2, 0) is 0 Å². The van der Waals surface area contributed by atoms with Gasteiger partial charge in [0, 0.05) is 11.8 Å². The van der Waals surface area contributed by atoms with E-state index in [1.165, 1.54) is 25.5 Å². The number of hydrogen-bond donors (Lipinski definition) is 2. The summed E-state index contributed by atoms with van der Waals surface area (Å²) in [6.07, 6.45) is 7.50. The van der Waals surface area contributed by atoms with Gasteiger partial charge in [0.1, 0.15) is 5.71 Å². The average Bonchev–Trinajstić information content (AvgIpc) is 2.86. The Labute approximate surface area is 119 Å². The van der Waals surface area contributed by atoms with Crippen LogP contribution in [0.2, 0.25) is 0 Å². The fraction of sp³-hybridized carbons (Fsp3) is 0.375. The summed E-state index contributed by atoms with van der Waals surface area (Å²) in [5.74, 6) is 0.443. The van der Waals surface area contributed by atoms with Gasteiger partial charge in [-0.25, -0.2) is 5.01 Å². The second-order valence-corrected chi connectivity index (χ2v) is 5.38. The van der Waals surface area contributed by atoms with Crippen molar-refractivity contribution < 1.29 is 0 Å². The van der Waals surface area contributed by atoms with E-state index >= 15 is 0 Å². The molecule has 0 aromatic heterocycles. The van der Waals surface area contributed by atoms with E-state index in [0.717, 1.165) is 29.7 Å². The summed E-state index contributed by atoms with van der Waals surface area (Å²) in [7, 11) is 0. The van der Waals surface area contributed by atoms with Crippen LogP contribution in [0.1, 0.15) is 37.7 Å². The van der Waals surface area contributed by atoms with Crippen molar-refractivity contribution in [1.82, 2.24) is 5.01 Å². The van der Waals surface area contributed by atoms with Crippen LogP contribution in [0.15, 0.2) is 47.2 Å². The molecule has 1 aliphatic carbocycles. The van der Waals surface area contributed by atoms with E-state index in [1.54, 1.807) is 0 Å². The monoisotopic (exact) mass is 268 g/mol. The minimum Gasteiger partial charge on any atom is -0.404 e. The average molecular weight is 268 g/mol. The van der Waals surface area contributed by atoms with Crippen LogP contribution in [0, 0.1) is 5.41 Å². The largest absolute Gasteiger partial charge is 0.404 e. The number of benzene rings is 1. The first kappa shape index (κ1) is 12.9. The standard InChI is InChI=1S/C16H20N4/c17-11-14-15(12-7-3-1-4-8-12)19-20(16(14)18)13-9-5-2-6-10-13/h1,3-4,7-8,11,13,18H,2,5-6,9-10,17H2/b14-11-,18-16?. The topological polar surface area (TPSA) is 65.5 Å². The lowest BCUT2D eigenvalue weighted by atomic mass is 9.95. The SMILES string of the molecule is N=C1/C(=C\N)C(c2ccccc2)=NN1C1CCCCC1. The molecule has 1 aliphatic heterocycles. The van der Waals surface area contributed by atoms with E-state index in [9.17, 15) is 0 Å². The van der Waals surface area contributed by atoms with Crippen molar-refractivity contribution in [2.24, 2.45) is 10.8 Å². The highest BCUT2D eigenvalue weighted by molar-refractivity contribution is 6.31. The third-order valence-corrected chi connectivity index (χ3v) is 4.08. The smallest absolute Gasteiger partial charge is 0.152 e. The van der Waals surface area contributed by atoms with E-state index in [1.807, 2.05) is 35.3 Å². The molecule has 4 heteroatoms. The van der Waals surface area contributed by atoms with E-state index in [-0.39, 0.29) is 0 Å². The Morgan fingerprint density at radius 2 is 1.85 bits per heavy atom. The molecule has 0 amide bonds. The molecule has 2 aliphatic rings. The van der Waals surface area contributed by atoms with E-state index in [2.05, 4.69) is 0 Å². The summed E-state index contributed by atoms with van der Waals surface area (Å²) in [6, 6.07) is 10.3. The Bertz CT molecular complexity index is 553. The van der Waals surface area contributed by atoms with E-state index < -0.39 is 0 Å². The molecule has 20 heavy (non-hydrogen) atoms. The van der Waals surface area contributed by atoms with Gasteiger partial charge in [0.2, 0.25) is 0 Å². The second kappa shape index (κ2) is 5.49. The zero-order valence-electron chi connectivity index (χ0n) is 11.5. The van der Waals surface area contributed by atoms with Gasteiger partial charge in [-0.15, -0.1) is 0 Å². The van der Waals surface area contributed by atoms with Crippen molar-refractivity contribution in [2.45, 2.75) is 38.1 Å². The lowest BCUT2D eigenvalue weighted by molar-refractivity contribution is 0.255. The van der Waals surface area contributed by atoms with Crippen LogP contribution < -0.4 is 5.73 Å². The summed E-state index contributed by atoms with van der Waals surface area (Å²) in [5.41, 5.74) is 8.31. The number of hydrogen-bond acceptors (Lipinski definition) is 3. The van der Waals surface area contributed by atoms with Gasteiger partial charge >= 0.3 is 0 Å². The van der Waals surface area contributed by atoms with Gasteiger partial charge in [-0.2, -0.15) is 5.10 Å². The van der Waals surface area contributed by atoms with Crippen molar-refractivity contribution >= 4 is 11.5 Å². The fourth-order valence-corrected chi connectivity index (χ4v) is 3.00. The van der Waals surface area contributed by atoms with Gasteiger partial charge in [0.25, 0.3) is 0 Å². The first-order valence-corrected chi connectivity index (χ1v) is 7.25. The van der Waals surface area contributed by atoms with E-state index in [0.29, 0.717) is 11.9 Å². The molecule has 0 spiro atoms. The molecule has 3 N–H and O–H groups in total. The van der Waals surface area contributed by atoms with Gasteiger partial charge in [-0.1, -0.05) is 49.6 Å². The summed E-state index contributed by atoms with van der Waals surface area (Å²) >= 11 is 0. The lowest BCUT2D eigenvalue weighted by Crippen LogP contribution is -2.34. The Morgan fingerprint density at radius 1 is 1.15 bits per heavy atom. The number of nitrogens with two attached hydrogens (primary N) is 1. The number of nitrogens with zero attached hydrogens (tertiary/aromatic N) is 2. The number of rotatable bonds is 2. The molecule has 0 bridgehead atoms. The molecule has 1 heterocycles. The molecule has 3 rings (SSSR count). The van der Waals surface area contributed by atoms with Crippen LogP contribution in [0.3, 0.4) is 0 Å². The van der Waals surface area contributed by atoms with Crippen LogP contribution >= 0.6 is 0 Å². The Kier molecular flexibility index (Phi) is 3.54. The maximum absolute atomic E-state index is 8.34. The molecule has 0 radical (unpaired) electrons. The number of amidine groups is 1. The van der Waals surface area contributed by atoms with Gasteiger partial charge in [-0.3, -0.25) is 5.41 Å². The number of nitrogens with one attached hydrogen (secondary N) is 1. The van der Waals surface area contributed by atoms with Gasteiger partial charge in [-0.05, 0) is 12.8 Å². The minimum atomic E-state index is 0.354. The summed E-state index contributed by atoms with van der Waals surface area (Å²) in [6.45, 7) is 0. The van der Waals surface area contributed by atoms with Crippen LogP contribution in [0.25, 0.3) is 0 Å². The highest BCUT2D eigenvalue weighted by atomic mass is 15.5.